The summed E-state index contributed by atoms with van der Waals surface area (Å²) in [5.41, 5.74) is -4.25. The Bertz CT molecular complexity index is 2460. The average Bonchev–Trinajstić information content (AvgIpc) is 3.59. The summed E-state index contributed by atoms with van der Waals surface area (Å²) < 4.78 is 121. The third-order valence-electron chi connectivity index (χ3n) is 10.7. The Balaban J connectivity index is 0.000000215. The lowest BCUT2D eigenvalue weighted by molar-refractivity contribution is -0.289. The number of alkyl halides is 6. The molecular formula is C38H38Cl4F6N2O4SSi. The van der Waals surface area contributed by atoms with E-state index in [0.717, 1.165) is 9.54 Å². The van der Waals surface area contributed by atoms with E-state index in [9.17, 15) is 26.7 Å². The monoisotopic (exact) mass is 900 g/mol. The maximum atomic E-state index is 15.2. The second kappa shape index (κ2) is 14.4. The molecule has 2 N–H and O–H groups in total. The number of aliphatic hydroxyl groups is 1. The molecule has 0 saturated heterocycles. The van der Waals surface area contributed by atoms with Gasteiger partial charge in [0.1, 0.15) is 0 Å². The van der Waals surface area contributed by atoms with Crippen LogP contribution >= 0.6 is 46.4 Å². The van der Waals surface area contributed by atoms with Crippen LogP contribution in [-0.4, -0.2) is 43.2 Å². The van der Waals surface area contributed by atoms with Crippen molar-refractivity contribution in [2.45, 2.75) is 94.5 Å². The van der Waals surface area contributed by atoms with Gasteiger partial charge in [-0.1, -0.05) is 77.9 Å². The van der Waals surface area contributed by atoms with Crippen LogP contribution in [0.4, 0.5) is 26.3 Å². The minimum absolute atomic E-state index is 0.0474. The summed E-state index contributed by atoms with van der Waals surface area (Å²) >= 11 is 24.3. The first-order chi connectivity index (χ1) is 25.7. The van der Waals surface area contributed by atoms with Gasteiger partial charge in [-0.2, -0.15) is 26.3 Å². The summed E-state index contributed by atoms with van der Waals surface area (Å²) in [5.74, 6) is -1.95. The lowest BCUT2D eigenvalue weighted by Crippen LogP contribution is -2.57. The van der Waals surface area contributed by atoms with Crippen molar-refractivity contribution in [2.24, 2.45) is 11.8 Å². The Labute approximate surface area is 341 Å². The Hall–Kier alpha value is -2.43. The molecule has 7 rings (SSSR count). The van der Waals surface area contributed by atoms with Gasteiger partial charge in [0, 0.05) is 16.3 Å². The molecule has 4 unspecified atom stereocenters. The van der Waals surface area contributed by atoms with Crippen molar-refractivity contribution in [3.8, 4) is 0 Å². The number of aromatic amines is 1. The Morgan fingerprint density at radius 2 is 1.32 bits per heavy atom. The first kappa shape index (κ1) is 43.2. The molecule has 5 aromatic rings. The van der Waals surface area contributed by atoms with Crippen LogP contribution in [0, 0.1) is 18.8 Å². The van der Waals surface area contributed by atoms with E-state index >= 15 is 13.2 Å². The van der Waals surface area contributed by atoms with E-state index in [2.05, 4.69) is 4.98 Å². The molecule has 304 valence electrons. The van der Waals surface area contributed by atoms with Gasteiger partial charge in [-0.05, 0) is 112 Å². The third-order valence-corrected chi connectivity index (χ3v) is 14.8. The molecule has 2 heterocycles. The van der Waals surface area contributed by atoms with Crippen molar-refractivity contribution in [3.63, 3.8) is 0 Å². The maximum absolute atomic E-state index is 15.2. The molecule has 2 aromatic heterocycles. The first-order valence-corrected chi connectivity index (χ1v) is 23.9. The number of fused-ring (bicyclic) bond motifs is 6. The minimum atomic E-state index is -4.88. The van der Waals surface area contributed by atoms with Crippen LogP contribution in [0.5, 0.6) is 0 Å². The summed E-state index contributed by atoms with van der Waals surface area (Å²) in [7, 11) is -7.33. The average molecular weight is 903 g/mol. The Morgan fingerprint density at radius 3 is 1.88 bits per heavy atom. The van der Waals surface area contributed by atoms with Gasteiger partial charge in [-0.25, -0.2) is 12.4 Å². The number of hydrogen-bond acceptors (Lipinski definition) is 4. The molecule has 4 atom stereocenters. The number of halogens is 10. The molecule has 2 aliphatic carbocycles. The number of rotatable bonds is 4. The molecule has 0 bridgehead atoms. The van der Waals surface area contributed by atoms with Crippen molar-refractivity contribution < 1.29 is 44.3 Å². The molecule has 0 aliphatic heterocycles. The molecule has 0 saturated carbocycles. The molecule has 18 heteroatoms. The quantitative estimate of drug-likeness (QED) is 0.139. The lowest BCUT2D eigenvalue weighted by atomic mass is 9.75. The largest absolute Gasteiger partial charge is 0.423 e. The number of hydrogen-bond donors (Lipinski definition) is 2. The molecule has 2 aliphatic rings. The van der Waals surface area contributed by atoms with Crippen LogP contribution in [-0.2, 0) is 38.5 Å². The topological polar surface area (TPSA) is 84.3 Å². The molecule has 0 amide bonds. The van der Waals surface area contributed by atoms with E-state index in [1.54, 1.807) is 44.8 Å². The van der Waals surface area contributed by atoms with E-state index in [0.29, 0.717) is 28.3 Å². The highest BCUT2D eigenvalue weighted by atomic mass is 35.5. The second-order valence-electron chi connectivity index (χ2n) is 15.6. The van der Waals surface area contributed by atoms with E-state index in [4.69, 9.17) is 50.8 Å². The summed E-state index contributed by atoms with van der Waals surface area (Å²) in [6.45, 7) is 9.66. The van der Waals surface area contributed by atoms with E-state index < -0.39 is 59.4 Å². The van der Waals surface area contributed by atoms with Gasteiger partial charge in [0.15, 0.2) is 13.9 Å². The number of benzene rings is 3. The zero-order chi connectivity index (χ0) is 41.7. The highest BCUT2D eigenvalue weighted by molar-refractivity contribution is 7.90. The second-order valence-corrected chi connectivity index (χ2v) is 23.4. The predicted molar refractivity (Wildman–Crippen MR) is 211 cm³/mol. The maximum Gasteiger partial charge on any atom is 0.423 e. The van der Waals surface area contributed by atoms with Crippen molar-refractivity contribution in [2.75, 3.05) is 0 Å². The van der Waals surface area contributed by atoms with Crippen LogP contribution in [0.2, 0.25) is 39.7 Å². The standard InChI is InChI=1S/C24H26Cl2F3NO3SSi.C14H12Cl2F3NO/c1-14-6-9-16(10-7-14)34(31,32)30-21-13-20(26)19(25)12-18(21)17-11-8-15(2)23(22(17)30,24(27,28)29)33-35(3,4)5;1-6-2-3-7-8-4-9(15)10(16)5-11(8)20-12(7)13(6,21)14(17,18)19/h6-7,9-10,12-13,15H,8,11H2,1-5H3;4-6,20-21H,2-3H2,1H3. The number of aryl methyl sites for hydroxylation is 3. The van der Waals surface area contributed by atoms with Gasteiger partial charge in [0.25, 0.3) is 10.0 Å². The molecule has 3 aromatic carbocycles. The highest BCUT2D eigenvalue weighted by Gasteiger charge is 2.66. The highest BCUT2D eigenvalue weighted by Crippen LogP contribution is 2.57. The van der Waals surface area contributed by atoms with E-state index in [1.807, 2.05) is 0 Å². The fourth-order valence-electron chi connectivity index (χ4n) is 7.98. The first-order valence-electron chi connectivity index (χ1n) is 17.6. The molecule has 0 radical (unpaired) electrons. The van der Waals surface area contributed by atoms with Crippen molar-refractivity contribution in [1.29, 1.82) is 0 Å². The zero-order valence-electron chi connectivity index (χ0n) is 30.9. The van der Waals surface area contributed by atoms with Gasteiger partial charge in [0.05, 0.1) is 41.9 Å². The number of H-pyrrole nitrogens is 1. The molecule has 0 fully saturated rings. The normalized spacial score (nSPS) is 23.2. The Morgan fingerprint density at radius 1 is 0.804 bits per heavy atom. The van der Waals surface area contributed by atoms with Crippen molar-refractivity contribution in [3.05, 3.63) is 96.7 Å². The summed E-state index contributed by atoms with van der Waals surface area (Å²) in [4.78, 5) is 2.57. The SMILES string of the molecule is CC1CCc2c([nH]c3cc(Cl)c(Cl)cc23)C1(O)C(F)(F)F.Cc1ccc(S(=O)(=O)n2c3c(c4cc(Cl)c(Cl)cc42)CCC(C)C3(O[Si](C)(C)C)C(F)(F)F)cc1. The molecular weight excluding hydrogens is 864 g/mol. The summed E-state index contributed by atoms with van der Waals surface area (Å²) in [6.07, 6.45) is -8.53. The van der Waals surface area contributed by atoms with E-state index in [-0.39, 0.29) is 61.0 Å². The van der Waals surface area contributed by atoms with Crippen LogP contribution in [0.15, 0.2) is 53.4 Å². The summed E-state index contributed by atoms with van der Waals surface area (Å²) in [6, 6.07) is 11.8. The van der Waals surface area contributed by atoms with Crippen molar-refractivity contribution >= 4 is 86.6 Å². The number of nitrogens with zero attached hydrogens (tertiary/aromatic N) is 1. The van der Waals surface area contributed by atoms with Crippen LogP contribution in [0.25, 0.3) is 21.8 Å². The fourth-order valence-corrected chi connectivity index (χ4v) is 11.6. The van der Waals surface area contributed by atoms with Crippen LogP contribution in [0.1, 0.15) is 54.8 Å². The zero-order valence-corrected chi connectivity index (χ0v) is 35.7. The minimum Gasteiger partial charge on any atom is -0.399 e. The third kappa shape index (κ3) is 6.97. The van der Waals surface area contributed by atoms with Crippen LogP contribution < -0.4 is 0 Å². The van der Waals surface area contributed by atoms with Crippen LogP contribution in [0.3, 0.4) is 0 Å². The van der Waals surface area contributed by atoms with Gasteiger partial charge < -0.3 is 14.5 Å². The van der Waals surface area contributed by atoms with Crippen molar-refractivity contribution in [1.82, 2.24) is 8.96 Å². The molecule has 0 spiro atoms. The Kier molecular flexibility index (Phi) is 11.1. The molecule has 56 heavy (non-hydrogen) atoms. The number of nitrogens with one attached hydrogen (secondary N) is 1. The smallest absolute Gasteiger partial charge is 0.399 e. The van der Waals surface area contributed by atoms with Gasteiger partial charge in [0.2, 0.25) is 5.60 Å². The van der Waals surface area contributed by atoms with Gasteiger partial charge >= 0.3 is 12.4 Å². The number of aromatic nitrogens is 2. The van der Waals surface area contributed by atoms with Gasteiger partial charge in [-0.15, -0.1) is 0 Å². The predicted octanol–water partition coefficient (Wildman–Crippen LogP) is 12.5. The van der Waals surface area contributed by atoms with E-state index in [1.165, 1.54) is 44.2 Å². The van der Waals surface area contributed by atoms with Gasteiger partial charge in [-0.3, -0.25) is 0 Å². The fraction of sp³-hybridized carbons (Fsp3) is 0.421. The summed E-state index contributed by atoms with van der Waals surface area (Å²) in [5, 5.41) is 12.0. The molecule has 6 nitrogen and oxygen atoms in total. The lowest BCUT2D eigenvalue weighted by Gasteiger charge is -2.47.